The van der Waals surface area contributed by atoms with Crippen LogP contribution in [-0.2, 0) is 17.8 Å². The van der Waals surface area contributed by atoms with E-state index in [9.17, 15) is 4.79 Å². The zero-order valence-electron chi connectivity index (χ0n) is 21.7. The molecule has 9 heteroatoms. The molecule has 1 N–H and O–H groups in total. The van der Waals surface area contributed by atoms with Crippen molar-refractivity contribution in [2.24, 2.45) is 5.92 Å². The molecule has 2 atom stereocenters. The summed E-state index contributed by atoms with van der Waals surface area (Å²) >= 11 is 0. The Labute approximate surface area is 212 Å². The van der Waals surface area contributed by atoms with Crippen LogP contribution < -0.4 is 10.3 Å². The van der Waals surface area contributed by atoms with Gasteiger partial charge in [-0.05, 0) is 73.2 Å². The highest BCUT2D eigenvalue weighted by atomic mass is 16.5. The molecule has 0 bridgehead atoms. The van der Waals surface area contributed by atoms with Crippen LogP contribution in [0.4, 0.5) is 0 Å². The number of benzene rings is 1. The first kappa shape index (κ1) is 24.9. The number of hydrogen-bond donors (Lipinski definition) is 1. The minimum absolute atomic E-state index is 0.00522. The number of aromatic nitrogens is 5. The molecule has 3 aromatic rings. The molecule has 194 valence electrons. The quantitative estimate of drug-likeness (QED) is 0.450. The van der Waals surface area contributed by atoms with Crippen molar-refractivity contribution in [1.29, 1.82) is 0 Å². The van der Waals surface area contributed by atoms with Crippen LogP contribution in [0.5, 0.6) is 5.75 Å². The van der Waals surface area contributed by atoms with Crippen LogP contribution in [0, 0.1) is 5.92 Å². The Morgan fingerprint density at radius 2 is 2.03 bits per heavy atom. The summed E-state index contributed by atoms with van der Waals surface area (Å²) in [7, 11) is 0. The predicted molar refractivity (Wildman–Crippen MR) is 138 cm³/mol. The number of ether oxygens (including phenoxy) is 2. The van der Waals surface area contributed by atoms with Gasteiger partial charge in [-0.1, -0.05) is 26.7 Å². The lowest BCUT2D eigenvalue weighted by atomic mass is 9.97. The van der Waals surface area contributed by atoms with Crippen LogP contribution in [0.15, 0.2) is 29.1 Å². The van der Waals surface area contributed by atoms with Gasteiger partial charge in [0.15, 0.2) is 5.82 Å². The number of aromatic amines is 1. The highest BCUT2D eigenvalue weighted by Crippen LogP contribution is 2.36. The van der Waals surface area contributed by atoms with Crippen LogP contribution in [0.25, 0.3) is 10.9 Å². The van der Waals surface area contributed by atoms with E-state index >= 15 is 0 Å². The van der Waals surface area contributed by atoms with Crippen molar-refractivity contribution in [3.8, 4) is 5.75 Å². The maximum atomic E-state index is 13.2. The Hall–Kier alpha value is -2.78. The Balaban J connectivity index is 1.50. The van der Waals surface area contributed by atoms with Crippen LogP contribution >= 0.6 is 0 Å². The minimum Gasteiger partial charge on any atom is -0.494 e. The van der Waals surface area contributed by atoms with E-state index in [1.165, 1.54) is 12.8 Å². The Morgan fingerprint density at radius 1 is 1.19 bits per heavy atom. The molecule has 3 heterocycles. The van der Waals surface area contributed by atoms with Crippen LogP contribution in [0.3, 0.4) is 0 Å². The topological polar surface area (TPSA) is 98.2 Å². The van der Waals surface area contributed by atoms with Crippen molar-refractivity contribution in [3.63, 3.8) is 0 Å². The molecular weight excluding hydrogens is 456 g/mol. The zero-order valence-corrected chi connectivity index (χ0v) is 21.7. The van der Waals surface area contributed by atoms with E-state index in [1.54, 1.807) is 0 Å². The summed E-state index contributed by atoms with van der Waals surface area (Å²) in [5.74, 6) is 1.94. The Kier molecular flexibility index (Phi) is 7.67. The second kappa shape index (κ2) is 11.1. The van der Waals surface area contributed by atoms with Gasteiger partial charge in [-0.2, -0.15) is 0 Å². The molecule has 36 heavy (non-hydrogen) atoms. The summed E-state index contributed by atoms with van der Waals surface area (Å²) in [6.45, 7) is 9.03. The van der Waals surface area contributed by atoms with Crippen molar-refractivity contribution in [3.05, 3.63) is 46.0 Å². The largest absolute Gasteiger partial charge is 0.494 e. The molecule has 1 aliphatic carbocycles. The van der Waals surface area contributed by atoms with Crippen LogP contribution in [0.2, 0.25) is 0 Å². The van der Waals surface area contributed by atoms with Crippen molar-refractivity contribution in [2.75, 3.05) is 13.2 Å². The Morgan fingerprint density at radius 3 is 2.75 bits per heavy atom. The average molecular weight is 495 g/mol. The number of rotatable bonds is 10. The lowest BCUT2D eigenvalue weighted by Gasteiger charge is -2.38. The number of hydrogen-bond acceptors (Lipinski definition) is 7. The van der Waals surface area contributed by atoms with Gasteiger partial charge in [-0.25, -0.2) is 4.68 Å². The molecule has 1 saturated carbocycles. The van der Waals surface area contributed by atoms with Crippen molar-refractivity contribution in [2.45, 2.75) is 90.6 Å². The fourth-order valence-corrected chi connectivity index (χ4v) is 5.86. The van der Waals surface area contributed by atoms with E-state index in [4.69, 9.17) is 9.47 Å². The van der Waals surface area contributed by atoms with Crippen molar-refractivity contribution in [1.82, 2.24) is 30.1 Å². The van der Waals surface area contributed by atoms with Gasteiger partial charge in [-0.15, -0.1) is 5.10 Å². The number of nitrogens with zero attached hydrogens (tertiary/aromatic N) is 5. The van der Waals surface area contributed by atoms with Gasteiger partial charge in [0.25, 0.3) is 5.56 Å². The summed E-state index contributed by atoms with van der Waals surface area (Å²) in [4.78, 5) is 18.8. The molecule has 0 amide bonds. The summed E-state index contributed by atoms with van der Waals surface area (Å²) in [6.07, 6.45) is 6.93. The van der Waals surface area contributed by atoms with Crippen molar-refractivity contribution >= 4 is 10.9 Å². The molecule has 2 aliphatic rings. The average Bonchev–Trinajstić information content (AvgIpc) is 3.64. The van der Waals surface area contributed by atoms with E-state index in [-0.39, 0.29) is 23.6 Å². The smallest absolute Gasteiger partial charge is 0.252 e. The molecule has 1 aromatic carbocycles. The van der Waals surface area contributed by atoms with Gasteiger partial charge in [-0.3, -0.25) is 9.69 Å². The van der Waals surface area contributed by atoms with E-state index in [0.29, 0.717) is 25.7 Å². The molecule has 2 fully saturated rings. The predicted octanol–water partition coefficient (Wildman–Crippen LogP) is 4.23. The lowest BCUT2D eigenvalue weighted by Crippen LogP contribution is -2.41. The van der Waals surface area contributed by atoms with E-state index < -0.39 is 0 Å². The first-order chi connectivity index (χ1) is 17.5. The molecule has 2 aromatic heterocycles. The van der Waals surface area contributed by atoms with E-state index in [1.807, 2.05) is 35.9 Å². The maximum Gasteiger partial charge on any atom is 0.252 e. The molecule has 0 radical (unpaired) electrons. The second-order valence-electron chi connectivity index (χ2n) is 10.5. The summed E-state index contributed by atoms with van der Waals surface area (Å²) in [5, 5.41) is 13.9. The third-order valence-corrected chi connectivity index (χ3v) is 7.56. The number of nitrogens with one attached hydrogen (secondary N) is 1. The maximum absolute atomic E-state index is 13.2. The van der Waals surface area contributed by atoms with Gasteiger partial charge in [0, 0.05) is 35.7 Å². The third-order valence-electron chi connectivity index (χ3n) is 7.56. The fourth-order valence-electron chi connectivity index (χ4n) is 5.86. The van der Waals surface area contributed by atoms with Gasteiger partial charge in [0.2, 0.25) is 0 Å². The summed E-state index contributed by atoms with van der Waals surface area (Å²) < 4.78 is 13.5. The molecule has 1 aliphatic heterocycles. The SMILES string of the molecule is CCOc1ccc2[nH]c(=O)c(CN(C3CCCC3)[C@@H](c3nnnn3C[C@H]3CCCO3)C(C)C)cc2c1. The Bertz CT molecular complexity index is 1210. The molecular formula is C27H38N6O3. The third kappa shape index (κ3) is 5.32. The van der Waals surface area contributed by atoms with Crippen LogP contribution in [0.1, 0.15) is 76.7 Å². The molecule has 5 rings (SSSR count). The number of pyridine rings is 1. The van der Waals surface area contributed by atoms with Gasteiger partial charge >= 0.3 is 0 Å². The summed E-state index contributed by atoms with van der Waals surface area (Å²) in [6, 6.07) is 8.21. The first-order valence-electron chi connectivity index (χ1n) is 13.5. The second-order valence-corrected chi connectivity index (χ2v) is 10.5. The van der Waals surface area contributed by atoms with Crippen molar-refractivity contribution < 1.29 is 9.47 Å². The van der Waals surface area contributed by atoms with Gasteiger partial charge in [0.1, 0.15) is 5.75 Å². The summed E-state index contributed by atoms with van der Waals surface area (Å²) in [5.41, 5.74) is 1.53. The highest BCUT2D eigenvalue weighted by molar-refractivity contribution is 5.80. The molecule has 0 spiro atoms. The standard InChI is InChI=1S/C27H38N6O3/c1-4-35-22-11-12-24-19(15-22)14-20(27(34)28-24)16-32(21-8-5-6-9-21)25(18(2)3)26-29-30-31-33(26)17-23-10-7-13-36-23/h11-12,14-15,18,21,23,25H,4-10,13,16-17H2,1-3H3,(H,28,34)/t23-,25-/m1/s1. The highest BCUT2D eigenvalue weighted by Gasteiger charge is 2.36. The molecule has 9 nitrogen and oxygen atoms in total. The minimum atomic E-state index is -0.0453. The van der Waals surface area contributed by atoms with E-state index in [0.717, 1.165) is 60.3 Å². The van der Waals surface area contributed by atoms with Crippen LogP contribution in [-0.4, -0.2) is 55.5 Å². The normalized spacial score (nSPS) is 19.6. The fraction of sp³-hybridized carbons (Fsp3) is 0.630. The lowest BCUT2D eigenvalue weighted by molar-refractivity contribution is 0.0718. The number of H-pyrrole nitrogens is 1. The molecule has 1 saturated heterocycles. The van der Waals surface area contributed by atoms with Gasteiger partial charge < -0.3 is 14.5 Å². The van der Waals surface area contributed by atoms with E-state index in [2.05, 4.69) is 39.3 Å². The monoisotopic (exact) mass is 494 g/mol. The molecule has 0 unspecified atom stereocenters. The first-order valence-corrected chi connectivity index (χ1v) is 13.5. The number of tetrazole rings is 1. The number of fused-ring (bicyclic) bond motifs is 1. The van der Waals surface area contributed by atoms with Gasteiger partial charge in [0.05, 0.1) is 25.3 Å². The zero-order chi connectivity index (χ0) is 25.1.